The van der Waals surface area contributed by atoms with Crippen molar-refractivity contribution in [2.75, 3.05) is 11.9 Å². The molecule has 0 radical (unpaired) electrons. The van der Waals surface area contributed by atoms with Crippen molar-refractivity contribution in [2.24, 2.45) is 7.05 Å². The highest BCUT2D eigenvalue weighted by Gasteiger charge is 2.30. The lowest BCUT2D eigenvalue weighted by Gasteiger charge is -2.31. The lowest BCUT2D eigenvalue weighted by molar-refractivity contribution is -0.00145. The zero-order valence-electron chi connectivity index (χ0n) is 11.8. The molecule has 0 spiro atoms. The summed E-state index contributed by atoms with van der Waals surface area (Å²) < 4.78 is 7.92. The molecular weight excluding hydrogens is 254 g/mol. The zero-order valence-corrected chi connectivity index (χ0v) is 11.8. The molecule has 2 atom stereocenters. The predicted octanol–water partition coefficient (Wildman–Crippen LogP) is 1.85. The molecule has 0 bridgehead atoms. The van der Waals surface area contributed by atoms with Gasteiger partial charge in [0.2, 0.25) is 5.95 Å². The van der Waals surface area contributed by atoms with Gasteiger partial charge in [0.25, 0.3) is 0 Å². The highest BCUT2D eigenvalue weighted by Crippen LogP contribution is 2.28. The monoisotopic (exact) mass is 273 g/mol. The van der Waals surface area contributed by atoms with Crippen LogP contribution in [-0.2, 0) is 11.8 Å². The Hall–Kier alpha value is -1.95. The fraction of sp³-hybridized carbons (Fsp3) is 0.500. The van der Waals surface area contributed by atoms with Crippen LogP contribution in [0.15, 0.2) is 24.7 Å². The second-order valence-corrected chi connectivity index (χ2v) is 5.10. The first-order valence-corrected chi connectivity index (χ1v) is 6.89. The topological polar surface area (TPSA) is 64.9 Å². The van der Waals surface area contributed by atoms with Gasteiger partial charge in [-0.05, 0) is 25.8 Å². The van der Waals surface area contributed by atoms with Crippen molar-refractivity contribution in [1.29, 1.82) is 0 Å². The summed E-state index contributed by atoms with van der Waals surface area (Å²) >= 11 is 0. The number of aryl methyl sites for hydroxylation is 2. The van der Waals surface area contributed by atoms with E-state index >= 15 is 0 Å². The molecule has 1 aliphatic heterocycles. The van der Waals surface area contributed by atoms with Gasteiger partial charge in [-0.1, -0.05) is 0 Å². The van der Waals surface area contributed by atoms with Crippen molar-refractivity contribution in [3.63, 3.8) is 0 Å². The third-order valence-electron chi connectivity index (χ3n) is 3.54. The maximum absolute atomic E-state index is 5.92. The molecule has 0 aromatic carbocycles. The number of aromatic nitrogens is 4. The van der Waals surface area contributed by atoms with Crippen LogP contribution in [0.2, 0.25) is 0 Å². The molecule has 20 heavy (non-hydrogen) atoms. The summed E-state index contributed by atoms with van der Waals surface area (Å²) in [5.41, 5.74) is 0.952. The molecular formula is C14H19N5O. The first-order chi connectivity index (χ1) is 9.74. The van der Waals surface area contributed by atoms with Crippen LogP contribution in [0.5, 0.6) is 0 Å². The summed E-state index contributed by atoms with van der Waals surface area (Å²) in [6.07, 6.45) is 7.50. The third kappa shape index (κ3) is 2.65. The van der Waals surface area contributed by atoms with Crippen LogP contribution in [0.1, 0.15) is 30.5 Å². The normalized spacial score (nSPS) is 22.7. The van der Waals surface area contributed by atoms with Gasteiger partial charge >= 0.3 is 0 Å². The number of hydrogen-bond donors (Lipinski definition) is 1. The highest BCUT2D eigenvalue weighted by molar-refractivity contribution is 5.28. The minimum absolute atomic E-state index is 0.0622. The summed E-state index contributed by atoms with van der Waals surface area (Å²) in [5, 5.41) is 3.39. The average Bonchev–Trinajstić information content (AvgIpc) is 2.86. The van der Waals surface area contributed by atoms with E-state index in [1.165, 1.54) is 0 Å². The summed E-state index contributed by atoms with van der Waals surface area (Å²) in [7, 11) is 1.99. The number of ether oxygens (including phenoxy) is 1. The molecule has 1 fully saturated rings. The van der Waals surface area contributed by atoms with Crippen LogP contribution in [0.25, 0.3) is 0 Å². The molecule has 6 heteroatoms. The van der Waals surface area contributed by atoms with Gasteiger partial charge in [0.05, 0.1) is 6.04 Å². The number of anilines is 1. The van der Waals surface area contributed by atoms with E-state index in [4.69, 9.17) is 4.74 Å². The SMILES string of the molecule is Cc1ccnc(N[C@H]2CCCO[C@@H]2c2nccn2C)n1. The Kier molecular flexibility index (Phi) is 3.64. The first kappa shape index (κ1) is 13.1. The van der Waals surface area contributed by atoms with Crippen molar-refractivity contribution in [2.45, 2.75) is 31.9 Å². The molecule has 6 nitrogen and oxygen atoms in total. The van der Waals surface area contributed by atoms with Crippen molar-refractivity contribution in [3.05, 3.63) is 36.2 Å². The van der Waals surface area contributed by atoms with E-state index < -0.39 is 0 Å². The van der Waals surface area contributed by atoms with Gasteiger partial charge in [0, 0.05) is 37.9 Å². The largest absolute Gasteiger partial charge is 0.368 e. The molecule has 0 unspecified atom stereocenters. The molecule has 1 saturated heterocycles. The Bertz CT molecular complexity index is 582. The summed E-state index contributed by atoms with van der Waals surface area (Å²) in [4.78, 5) is 13.1. The number of rotatable bonds is 3. The predicted molar refractivity (Wildman–Crippen MR) is 75.3 cm³/mol. The number of hydrogen-bond acceptors (Lipinski definition) is 5. The van der Waals surface area contributed by atoms with Crippen molar-refractivity contribution in [3.8, 4) is 0 Å². The maximum Gasteiger partial charge on any atom is 0.223 e. The molecule has 1 aliphatic rings. The Morgan fingerprint density at radius 1 is 1.35 bits per heavy atom. The van der Waals surface area contributed by atoms with Crippen LogP contribution in [0.3, 0.4) is 0 Å². The van der Waals surface area contributed by atoms with Crippen molar-refractivity contribution < 1.29 is 4.74 Å². The standard InChI is InChI=1S/C14H19N5O/c1-10-5-6-16-14(17-10)18-11-4-3-9-20-12(11)13-15-7-8-19(13)2/h5-8,11-12H,3-4,9H2,1-2H3,(H,16,17,18)/t11-,12-/m0/s1. The minimum Gasteiger partial charge on any atom is -0.368 e. The maximum atomic E-state index is 5.92. The molecule has 106 valence electrons. The lowest BCUT2D eigenvalue weighted by atomic mass is 10.0. The second kappa shape index (κ2) is 5.58. The smallest absolute Gasteiger partial charge is 0.223 e. The zero-order chi connectivity index (χ0) is 13.9. The molecule has 0 aliphatic carbocycles. The molecule has 2 aromatic heterocycles. The van der Waals surface area contributed by atoms with Gasteiger partial charge in [-0.15, -0.1) is 0 Å². The lowest BCUT2D eigenvalue weighted by Crippen LogP contribution is -2.35. The van der Waals surface area contributed by atoms with E-state index in [0.717, 1.165) is 31.0 Å². The molecule has 0 amide bonds. The fourth-order valence-electron chi connectivity index (χ4n) is 2.52. The van der Waals surface area contributed by atoms with Crippen molar-refractivity contribution in [1.82, 2.24) is 19.5 Å². The number of imidazole rings is 1. The van der Waals surface area contributed by atoms with Crippen LogP contribution in [0.4, 0.5) is 5.95 Å². The molecule has 2 aromatic rings. The van der Waals surface area contributed by atoms with E-state index in [-0.39, 0.29) is 12.1 Å². The van der Waals surface area contributed by atoms with E-state index in [0.29, 0.717) is 5.95 Å². The average molecular weight is 273 g/mol. The Balaban J connectivity index is 1.81. The second-order valence-electron chi connectivity index (χ2n) is 5.10. The fourth-order valence-corrected chi connectivity index (χ4v) is 2.52. The van der Waals surface area contributed by atoms with Crippen LogP contribution in [-0.4, -0.2) is 32.2 Å². The van der Waals surface area contributed by atoms with Crippen LogP contribution >= 0.6 is 0 Å². The molecule has 3 rings (SSSR count). The van der Waals surface area contributed by atoms with Crippen LogP contribution in [0, 0.1) is 6.92 Å². The molecule has 3 heterocycles. The van der Waals surface area contributed by atoms with E-state index in [1.54, 1.807) is 12.4 Å². The first-order valence-electron chi connectivity index (χ1n) is 6.89. The summed E-state index contributed by atoms with van der Waals surface area (Å²) in [6.45, 7) is 2.73. The van der Waals surface area contributed by atoms with Crippen LogP contribution < -0.4 is 5.32 Å². The molecule has 1 N–H and O–H groups in total. The van der Waals surface area contributed by atoms with E-state index in [9.17, 15) is 0 Å². The Labute approximate surface area is 118 Å². The van der Waals surface area contributed by atoms with Gasteiger partial charge in [-0.3, -0.25) is 0 Å². The summed E-state index contributed by atoms with van der Waals surface area (Å²) in [6, 6.07) is 2.03. The number of nitrogens with zero attached hydrogens (tertiary/aromatic N) is 4. The minimum atomic E-state index is -0.0622. The Morgan fingerprint density at radius 3 is 3.00 bits per heavy atom. The van der Waals surface area contributed by atoms with Gasteiger partial charge in [0.15, 0.2) is 0 Å². The van der Waals surface area contributed by atoms with Gasteiger partial charge in [-0.2, -0.15) is 0 Å². The third-order valence-corrected chi connectivity index (χ3v) is 3.54. The van der Waals surface area contributed by atoms with E-state index in [1.807, 2.05) is 30.8 Å². The van der Waals surface area contributed by atoms with Gasteiger partial charge in [0.1, 0.15) is 11.9 Å². The quantitative estimate of drug-likeness (QED) is 0.924. The van der Waals surface area contributed by atoms with Crippen molar-refractivity contribution >= 4 is 5.95 Å². The van der Waals surface area contributed by atoms with Gasteiger partial charge < -0.3 is 14.6 Å². The highest BCUT2D eigenvalue weighted by atomic mass is 16.5. The summed E-state index contributed by atoms with van der Waals surface area (Å²) in [5.74, 6) is 1.59. The molecule has 0 saturated carbocycles. The van der Waals surface area contributed by atoms with Gasteiger partial charge in [-0.25, -0.2) is 15.0 Å². The number of nitrogens with one attached hydrogen (secondary N) is 1. The Morgan fingerprint density at radius 2 is 2.25 bits per heavy atom. The van der Waals surface area contributed by atoms with E-state index in [2.05, 4.69) is 20.3 Å².